The first-order valence-corrected chi connectivity index (χ1v) is 7.72. The van der Waals surface area contributed by atoms with Gasteiger partial charge in [-0.3, -0.25) is 5.43 Å². The van der Waals surface area contributed by atoms with E-state index in [9.17, 15) is 0 Å². The number of hydrogen-bond acceptors (Lipinski definition) is 5. The quantitative estimate of drug-likeness (QED) is 0.526. The fourth-order valence-electron chi connectivity index (χ4n) is 2.42. The first-order chi connectivity index (χ1) is 9.75. The molecule has 1 N–H and O–H groups in total. The van der Waals surface area contributed by atoms with E-state index in [0.29, 0.717) is 5.92 Å². The van der Waals surface area contributed by atoms with Gasteiger partial charge in [-0.25, -0.2) is 9.97 Å². The van der Waals surface area contributed by atoms with E-state index in [4.69, 9.17) is 0 Å². The van der Waals surface area contributed by atoms with Crippen LogP contribution >= 0.6 is 11.3 Å². The zero-order valence-corrected chi connectivity index (χ0v) is 12.6. The molecule has 0 radical (unpaired) electrons. The van der Waals surface area contributed by atoms with Crippen LogP contribution in [-0.4, -0.2) is 16.2 Å². The van der Waals surface area contributed by atoms with Gasteiger partial charge in [-0.15, -0.1) is 11.3 Å². The predicted octanol–water partition coefficient (Wildman–Crippen LogP) is 4.06. The maximum Gasteiger partial charge on any atom is 0.158 e. The number of nitrogens with one attached hydrogen (secondary N) is 1. The first-order valence-electron chi connectivity index (χ1n) is 6.90. The minimum atomic E-state index is 0.537. The normalized spacial score (nSPS) is 19.0. The van der Waals surface area contributed by atoms with Crippen LogP contribution in [0.5, 0.6) is 0 Å². The summed E-state index contributed by atoms with van der Waals surface area (Å²) in [7, 11) is 0. The van der Waals surface area contributed by atoms with Gasteiger partial charge in [0.1, 0.15) is 11.2 Å². The van der Waals surface area contributed by atoms with Crippen molar-refractivity contribution in [1.82, 2.24) is 9.97 Å². The molecular formula is C15H18N4S. The average Bonchev–Trinajstić information content (AvgIpc) is 2.76. The number of aromatic nitrogens is 2. The van der Waals surface area contributed by atoms with Gasteiger partial charge in [0.2, 0.25) is 0 Å². The second-order valence-corrected chi connectivity index (χ2v) is 6.32. The number of allylic oxidation sites excluding steroid dienone is 2. The summed E-state index contributed by atoms with van der Waals surface area (Å²) in [5, 5.41) is 5.46. The first kappa shape index (κ1) is 13.2. The molecule has 1 atom stereocenters. The van der Waals surface area contributed by atoms with Crippen LogP contribution in [0.2, 0.25) is 0 Å². The molecule has 1 aliphatic rings. The van der Waals surface area contributed by atoms with Crippen LogP contribution in [0.3, 0.4) is 0 Å². The van der Waals surface area contributed by atoms with Gasteiger partial charge in [0.05, 0.1) is 5.39 Å². The van der Waals surface area contributed by atoms with E-state index >= 15 is 0 Å². The number of anilines is 1. The lowest BCUT2D eigenvalue weighted by molar-refractivity contribution is 0.627. The van der Waals surface area contributed by atoms with Crippen molar-refractivity contribution in [1.29, 1.82) is 0 Å². The summed E-state index contributed by atoms with van der Waals surface area (Å²) in [6.45, 7) is 4.22. The zero-order chi connectivity index (χ0) is 13.9. The van der Waals surface area contributed by atoms with Gasteiger partial charge in [-0.2, -0.15) is 5.10 Å². The number of thiophene rings is 1. The molecule has 1 aliphatic carbocycles. The number of nitrogens with zero attached hydrogens (tertiary/aromatic N) is 3. The SMILES string of the molecule is Cc1sc2ncnc(N/N=C\[C@@H]3CC=CCC3)c2c1C. The van der Waals surface area contributed by atoms with Gasteiger partial charge >= 0.3 is 0 Å². The predicted molar refractivity (Wildman–Crippen MR) is 85.5 cm³/mol. The van der Waals surface area contributed by atoms with E-state index in [1.807, 2.05) is 6.21 Å². The Morgan fingerprint density at radius 2 is 2.25 bits per heavy atom. The van der Waals surface area contributed by atoms with Gasteiger partial charge in [0.15, 0.2) is 5.82 Å². The molecule has 2 aromatic heterocycles. The van der Waals surface area contributed by atoms with Crippen molar-refractivity contribution in [3.05, 3.63) is 28.9 Å². The summed E-state index contributed by atoms with van der Waals surface area (Å²) >= 11 is 1.70. The van der Waals surface area contributed by atoms with Crippen LogP contribution in [0, 0.1) is 19.8 Å². The summed E-state index contributed by atoms with van der Waals surface area (Å²) in [4.78, 5) is 11.0. The van der Waals surface area contributed by atoms with Crippen LogP contribution < -0.4 is 5.43 Å². The Hall–Kier alpha value is -1.75. The molecule has 20 heavy (non-hydrogen) atoms. The Bertz CT molecular complexity index is 672. The van der Waals surface area contributed by atoms with Gasteiger partial charge in [0.25, 0.3) is 0 Å². The average molecular weight is 286 g/mol. The van der Waals surface area contributed by atoms with Gasteiger partial charge in [-0.05, 0) is 44.6 Å². The second kappa shape index (κ2) is 5.71. The van der Waals surface area contributed by atoms with E-state index in [0.717, 1.165) is 28.9 Å². The summed E-state index contributed by atoms with van der Waals surface area (Å²) < 4.78 is 0. The molecule has 0 aromatic carbocycles. The molecule has 2 heterocycles. The maximum absolute atomic E-state index is 4.37. The Kier molecular flexibility index (Phi) is 3.78. The van der Waals surface area contributed by atoms with Crippen LogP contribution in [0.1, 0.15) is 29.7 Å². The standard InChI is InChI=1S/C15H18N4S/c1-10-11(2)20-15-13(10)14(16-9-17-15)19-18-8-12-6-4-3-5-7-12/h3-4,8-9,12H,5-7H2,1-2H3,(H,16,17,19)/b18-8-/t12-/m1/s1. The largest absolute Gasteiger partial charge is 0.261 e. The van der Waals surface area contributed by atoms with Gasteiger partial charge in [0, 0.05) is 11.1 Å². The van der Waals surface area contributed by atoms with Crippen LogP contribution in [0.4, 0.5) is 5.82 Å². The van der Waals surface area contributed by atoms with Crippen molar-refractivity contribution in [2.45, 2.75) is 33.1 Å². The van der Waals surface area contributed by atoms with Crippen molar-refractivity contribution < 1.29 is 0 Å². The third kappa shape index (κ3) is 2.58. The number of hydrogen-bond donors (Lipinski definition) is 1. The lowest BCUT2D eigenvalue weighted by Crippen LogP contribution is -2.05. The summed E-state index contributed by atoms with van der Waals surface area (Å²) in [6, 6.07) is 0. The molecule has 0 bridgehead atoms. The highest BCUT2D eigenvalue weighted by Crippen LogP contribution is 2.32. The van der Waals surface area contributed by atoms with Crippen LogP contribution in [0.15, 0.2) is 23.6 Å². The summed E-state index contributed by atoms with van der Waals surface area (Å²) in [6.07, 6.45) is 11.5. The second-order valence-electron chi connectivity index (χ2n) is 5.12. The Labute approximate surface area is 122 Å². The fraction of sp³-hybridized carbons (Fsp3) is 0.400. The molecule has 0 unspecified atom stereocenters. The monoisotopic (exact) mass is 286 g/mol. The topological polar surface area (TPSA) is 50.2 Å². The molecule has 0 fully saturated rings. The van der Waals surface area contributed by atoms with Crippen molar-refractivity contribution in [3.63, 3.8) is 0 Å². The highest BCUT2D eigenvalue weighted by molar-refractivity contribution is 7.18. The third-order valence-corrected chi connectivity index (χ3v) is 4.85. The molecule has 0 spiro atoms. The molecule has 0 saturated heterocycles. The maximum atomic E-state index is 4.37. The Morgan fingerprint density at radius 1 is 1.35 bits per heavy atom. The molecule has 4 nitrogen and oxygen atoms in total. The molecule has 104 valence electrons. The van der Waals surface area contributed by atoms with E-state index in [1.165, 1.54) is 16.9 Å². The number of hydrazone groups is 1. The summed E-state index contributed by atoms with van der Waals surface area (Å²) in [5.41, 5.74) is 4.33. The number of rotatable bonds is 3. The van der Waals surface area contributed by atoms with Crippen molar-refractivity contribution in [2.75, 3.05) is 5.43 Å². The zero-order valence-electron chi connectivity index (χ0n) is 11.8. The van der Waals surface area contributed by atoms with Crippen LogP contribution in [-0.2, 0) is 0 Å². The van der Waals surface area contributed by atoms with E-state index in [-0.39, 0.29) is 0 Å². The Balaban J connectivity index is 1.80. The molecule has 0 amide bonds. The molecule has 2 aromatic rings. The van der Waals surface area contributed by atoms with E-state index in [2.05, 4.69) is 46.5 Å². The smallest absolute Gasteiger partial charge is 0.158 e. The molecule has 0 aliphatic heterocycles. The minimum absolute atomic E-state index is 0.537. The van der Waals surface area contributed by atoms with Crippen molar-refractivity contribution >= 4 is 33.6 Å². The highest BCUT2D eigenvalue weighted by Gasteiger charge is 2.11. The minimum Gasteiger partial charge on any atom is -0.261 e. The van der Waals surface area contributed by atoms with Crippen molar-refractivity contribution in [3.8, 4) is 0 Å². The molecule has 3 rings (SSSR count). The number of fused-ring (bicyclic) bond motifs is 1. The molecule has 0 saturated carbocycles. The van der Waals surface area contributed by atoms with Gasteiger partial charge < -0.3 is 0 Å². The lowest BCUT2D eigenvalue weighted by atomic mass is 9.96. The summed E-state index contributed by atoms with van der Waals surface area (Å²) in [5.74, 6) is 1.34. The molecular weight excluding hydrogens is 268 g/mol. The van der Waals surface area contributed by atoms with Crippen LogP contribution in [0.25, 0.3) is 10.2 Å². The lowest BCUT2D eigenvalue weighted by Gasteiger charge is -2.11. The van der Waals surface area contributed by atoms with Gasteiger partial charge in [-0.1, -0.05) is 12.2 Å². The van der Waals surface area contributed by atoms with E-state index in [1.54, 1.807) is 17.7 Å². The highest BCUT2D eigenvalue weighted by atomic mass is 32.1. The van der Waals surface area contributed by atoms with E-state index < -0.39 is 0 Å². The number of aryl methyl sites for hydroxylation is 2. The Morgan fingerprint density at radius 3 is 3.05 bits per heavy atom. The molecule has 5 heteroatoms. The van der Waals surface area contributed by atoms with Crippen molar-refractivity contribution in [2.24, 2.45) is 11.0 Å². The third-order valence-electron chi connectivity index (χ3n) is 3.73. The fourth-order valence-corrected chi connectivity index (χ4v) is 3.42.